The van der Waals surface area contributed by atoms with Gasteiger partial charge in [0, 0.05) is 12.2 Å². The summed E-state index contributed by atoms with van der Waals surface area (Å²) in [5, 5.41) is 11.6. The number of hydrogen-bond acceptors (Lipinski definition) is 4. The molecule has 1 aromatic rings. The van der Waals surface area contributed by atoms with Crippen LogP contribution in [0.5, 0.6) is 0 Å². The average molecular weight is 259 g/mol. The van der Waals surface area contributed by atoms with Crippen LogP contribution >= 0.6 is 0 Å². The standard InChI is InChI=1S/C10H13NO5S/c12-10(13)8-3-1-4-9(7-8)11-5-2-6-17(14,15)16/h1,3-4,7,11H,2,5-6H2,(H,12,13)(H,14,15,16). The Balaban J connectivity index is 2.47. The molecule has 0 heterocycles. The first kappa shape index (κ1) is 13.5. The summed E-state index contributed by atoms with van der Waals surface area (Å²) in [6.07, 6.45) is 0.246. The maximum atomic E-state index is 10.7. The molecule has 17 heavy (non-hydrogen) atoms. The quantitative estimate of drug-likeness (QED) is 0.521. The molecule has 0 unspecified atom stereocenters. The van der Waals surface area contributed by atoms with Gasteiger partial charge >= 0.3 is 5.97 Å². The topological polar surface area (TPSA) is 104 Å². The third-order valence-electron chi connectivity index (χ3n) is 2.02. The molecule has 7 heteroatoms. The highest BCUT2D eigenvalue weighted by Gasteiger charge is 2.04. The largest absolute Gasteiger partial charge is 0.478 e. The third-order valence-corrected chi connectivity index (χ3v) is 2.82. The number of carbonyl (C=O) groups is 1. The van der Waals surface area contributed by atoms with Gasteiger partial charge in [-0.1, -0.05) is 6.07 Å². The highest BCUT2D eigenvalue weighted by Crippen LogP contribution is 2.10. The van der Waals surface area contributed by atoms with Gasteiger partial charge in [-0.3, -0.25) is 4.55 Å². The van der Waals surface area contributed by atoms with Crippen molar-refractivity contribution in [2.24, 2.45) is 0 Å². The molecule has 0 fully saturated rings. The van der Waals surface area contributed by atoms with Gasteiger partial charge in [-0.05, 0) is 24.6 Å². The molecule has 0 aliphatic rings. The second-order valence-corrected chi connectivity index (χ2v) is 5.02. The predicted molar refractivity (Wildman–Crippen MR) is 62.9 cm³/mol. The summed E-state index contributed by atoms with van der Waals surface area (Å²) < 4.78 is 29.4. The normalized spacial score (nSPS) is 11.1. The van der Waals surface area contributed by atoms with Gasteiger partial charge in [-0.2, -0.15) is 8.42 Å². The lowest BCUT2D eigenvalue weighted by atomic mass is 10.2. The summed E-state index contributed by atoms with van der Waals surface area (Å²) in [5.41, 5.74) is 0.755. The van der Waals surface area contributed by atoms with Crippen molar-refractivity contribution in [1.82, 2.24) is 0 Å². The zero-order chi connectivity index (χ0) is 12.9. The van der Waals surface area contributed by atoms with Gasteiger partial charge in [-0.25, -0.2) is 4.79 Å². The first-order chi connectivity index (χ1) is 7.88. The van der Waals surface area contributed by atoms with Crippen LogP contribution in [0.15, 0.2) is 24.3 Å². The molecule has 0 saturated heterocycles. The van der Waals surface area contributed by atoms with Crippen molar-refractivity contribution in [2.45, 2.75) is 6.42 Å². The van der Waals surface area contributed by atoms with Crippen LogP contribution < -0.4 is 5.32 Å². The van der Waals surface area contributed by atoms with E-state index in [2.05, 4.69) is 5.32 Å². The van der Waals surface area contributed by atoms with Crippen LogP contribution in [-0.4, -0.2) is 36.3 Å². The molecule has 0 bridgehead atoms. The van der Waals surface area contributed by atoms with Gasteiger partial charge in [0.15, 0.2) is 0 Å². The van der Waals surface area contributed by atoms with Crippen molar-refractivity contribution in [2.75, 3.05) is 17.6 Å². The fourth-order valence-electron chi connectivity index (χ4n) is 1.25. The average Bonchev–Trinajstić information content (AvgIpc) is 2.23. The Bertz CT molecular complexity index is 497. The fourth-order valence-corrected chi connectivity index (χ4v) is 1.76. The second kappa shape index (κ2) is 5.65. The van der Waals surface area contributed by atoms with Gasteiger partial charge < -0.3 is 10.4 Å². The summed E-state index contributed by atoms with van der Waals surface area (Å²) >= 11 is 0. The number of aromatic carboxylic acids is 1. The van der Waals surface area contributed by atoms with E-state index in [-0.39, 0.29) is 17.7 Å². The predicted octanol–water partition coefficient (Wildman–Crippen LogP) is 1.07. The SMILES string of the molecule is O=C(O)c1cccc(NCCCS(=O)(=O)O)c1. The molecule has 0 atom stereocenters. The van der Waals surface area contributed by atoms with Crippen LogP contribution in [0.2, 0.25) is 0 Å². The smallest absolute Gasteiger partial charge is 0.335 e. The first-order valence-electron chi connectivity index (χ1n) is 4.91. The number of carboxylic acid groups (broad SMARTS) is 1. The number of hydrogen-bond donors (Lipinski definition) is 3. The lowest BCUT2D eigenvalue weighted by Gasteiger charge is -2.06. The minimum atomic E-state index is -3.93. The van der Waals surface area contributed by atoms with Crippen molar-refractivity contribution in [3.63, 3.8) is 0 Å². The molecule has 0 amide bonds. The Labute approximate surface area is 99.0 Å². The van der Waals surface area contributed by atoms with Gasteiger partial charge in [0.1, 0.15) is 0 Å². The van der Waals surface area contributed by atoms with E-state index in [9.17, 15) is 13.2 Å². The van der Waals surface area contributed by atoms with Gasteiger partial charge in [-0.15, -0.1) is 0 Å². The molecular weight excluding hydrogens is 246 g/mol. The maximum absolute atomic E-state index is 10.7. The minimum Gasteiger partial charge on any atom is -0.478 e. The zero-order valence-corrected chi connectivity index (χ0v) is 9.77. The summed E-state index contributed by atoms with van der Waals surface area (Å²) in [4.78, 5) is 10.7. The lowest BCUT2D eigenvalue weighted by Crippen LogP contribution is -2.10. The van der Waals surface area contributed by atoms with Gasteiger partial charge in [0.05, 0.1) is 11.3 Å². The Kier molecular flexibility index (Phi) is 4.47. The molecule has 0 aromatic heterocycles. The number of benzene rings is 1. The molecular formula is C10H13NO5S. The van der Waals surface area contributed by atoms with E-state index in [0.717, 1.165) is 0 Å². The highest BCUT2D eigenvalue weighted by atomic mass is 32.2. The summed E-state index contributed by atoms with van der Waals surface area (Å²) in [6.45, 7) is 0.336. The molecule has 6 nitrogen and oxygen atoms in total. The Morgan fingerprint density at radius 1 is 1.35 bits per heavy atom. The van der Waals surface area contributed by atoms with Crippen molar-refractivity contribution in [3.05, 3.63) is 29.8 Å². The zero-order valence-electron chi connectivity index (χ0n) is 8.96. The van der Waals surface area contributed by atoms with Crippen LogP contribution in [0.3, 0.4) is 0 Å². The van der Waals surface area contributed by atoms with Gasteiger partial charge in [0.2, 0.25) is 0 Å². The van der Waals surface area contributed by atoms with E-state index in [4.69, 9.17) is 9.66 Å². The molecule has 94 valence electrons. The number of nitrogens with one attached hydrogen (secondary N) is 1. The Hall–Kier alpha value is -1.60. The fraction of sp³-hybridized carbons (Fsp3) is 0.300. The molecule has 1 rings (SSSR count). The van der Waals surface area contributed by atoms with E-state index in [0.29, 0.717) is 12.2 Å². The molecule has 1 aromatic carbocycles. The summed E-state index contributed by atoms with van der Waals surface area (Å²) in [7, 11) is -3.93. The van der Waals surface area contributed by atoms with Gasteiger partial charge in [0.25, 0.3) is 10.1 Å². The monoisotopic (exact) mass is 259 g/mol. The second-order valence-electron chi connectivity index (χ2n) is 3.45. The van der Waals surface area contributed by atoms with Crippen molar-refractivity contribution in [1.29, 1.82) is 0 Å². The molecule has 3 N–H and O–H groups in total. The van der Waals surface area contributed by atoms with Crippen LogP contribution in [0, 0.1) is 0 Å². The summed E-state index contributed by atoms with van der Waals surface area (Å²) in [5.74, 6) is -1.34. The van der Waals surface area contributed by atoms with E-state index in [1.807, 2.05) is 0 Å². The van der Waals surface area contributed by atoms with Crippen molar-refractivity contribution >= 4 is 21.8 Å². The third kappa shape index (κ3) is 5.32. The summed E-state index contributed by atoms with van der Waals surface area (Å²) in [6, 6.07) is 6.19. The lowest BCUT2D eigenvalue weighted by molar-refractivity contribution is 0.0697. The number of rotatable bonds is 6. The van der Waals surface area contributed by atoms with Crippen LogP contribution in [0.4, 0.5) is 5.69 Å². The molecule has 0 saturated carbocycles. The van der Waals surface area contributed by atoms with E-state index in [1.54, 1.807) is 12.1 Å². The van der Waals surface area contributed by atoms with Crippen LogP contribution in [-0.2, 0) is 10.1 Å². The number of carboxylic acids is 1. The van der Waals surface area contributed by atoms with E-state index >= 15 is 0 Å². The Morgan fingerprint density at radius 2 is 2.06 bits per heavy atom. The van der Waals surface area contributed by atoms with Crippen LogP contribution in [0.25, 0.3) is 0 Å². The molecule has 0 radical (unpaired) electrons. The van der Waals surface area contributed by atoms with Crippen LogP contribution in [0.1, 0.15) is 16.8 Å². The molecule has 0 aliphatic carbocycles. The van der Waals surface area contributed by atoms with E-state index in [1.165, 1.54) is 12.1 Å². The maximum Gasteiger partial charge on any atom is 0.335 e. The van der Waals surface area contributed by atoms with E-state index < -0.39 is 16.1 Å². The Morgan fingerprint density at radius 3 is 2.65 bits per heavy atom. The molecule has 0 spiro atoms. The first-order valence-corrected chi connectivity index (χ1v) is 6.52. The van der Waals surface area contributed by atoms with Crippen molar-refractivity contribution in [3.8, 4) is 0 Å². The number of anilines is 1. The minimum absolute atomic E-state index is 0.157. The highest BCUT2D eigenvalue weighted by molar-refractivity contribution is 7.85. The van der Waals surface area contributed by atoms with Crippen molar-refractivity contribution < 1.29 is 22.9 Å². The molecule has 0 aliphatic heterocycles.